The molecule has 164 valence electrons. The van der Waals surface area contributed by atoms with Crippen LogP contribution in [0.1, 0.15) is 16.7 Å². The molecule has 0 saturated carbocycles. The third kappa shape index (κ3) is 5.19. The Hall–Kier alpha value is -4.59. The van der Waals surface area contributed by atoms with Crippen LogP contribution in [0.3, 0.4) is 0 Å². The molecule has 33 heavy (non-hydrogen) atoms. The highest BCUT2D eigenvalue weighted by atomic mass is 16.6. The zero-order valence-electron chi connectivity index (χ0n) is 17.5. The number of hydrogen-bond acceptors (Lipinski definition) is 5. The summed E-state index contributed by atoms with van der Waals surface area (Å²) in [4.78, 5) is 39.8. The van der Waals surface area contributed by atoms with Crippen LogP contribution in [0.15, 0.2) is 91.5 Å². The Labute approximate surface area is 189 Å². The molecule has 0 unspecified atom stereocenters. The number of ketones is 1. The second kappa shape index (κ2) is 9.69. The van der Waals surface area contributed by atoms with Crippen LogP contribution in [0, 0.1) is 10.1 Å². The van der Waals surface area contributed by atoms with Gasteiger partial charge in [0.25, 0.3) is 11.6 Å². The summed E-state index contributed by atoms with van der Waals surface area (Å²) in [5.74, 6) is -1.56. The molecule has 0 aliphatic rings. The molecule has 0 atom stereocenters. The van der Waals surface area contributed by atoms with Gasteiger partial charge in [-0.2, -0.15) is 0 Å². The van der Waals surface area contributed by atoms with Crippen LogP contribution in [-0.4, -0.2) is 26.2 Å². The first-order valence-corrected chi connectivity index (χ1v) is 10.2. The molecule has 0 aliphatic heterocycles. The molecular weight excluding hydrogens is 420 g/mol. The summed E-state index contributed by atoms with van der Waals surface area (Å²) in [7, 11) is 0. The summed E-state index contributed by atoms with van der Waals surface area (Å²) >= 11 is 0. The second-order valence-electron chi connectivity index (χ2n) is 7.42. The molecule has 3 aromatic carbocycles. The summed E-state index contributed by atoms with van der Waals surface area (Å²) in [6.45, 7) is 0. The molecule has 8 heteroatoms. The van der Waals surface area contributed by atoms with Crippen LogP contribution in [0.4, 0.5) is 11.4 Å². The van der Waals surface area contributed by atoms with Crippen molar-refractivity contribution in [3.05, 3.63) is 118 Å². The fourth-order valence-electron chi connectivity index (χ4n) is 3.53. The number of benzene rings is 3. The Morgan fingerprint density at radius 2 is 1.73 bits per heavy atom. The van der Waals surface area contributed by atoms with E-state index in [-0.39, 0.29) is 17.8 Å². The molecule has 0 spiro atoms. The standard InChI is InChI=1S/C25H20N4O4/c30-24(16-18-6-2-1-3-7-18)25(31)27-21-11-10-19(15-23(21)29(32)33)14-20-8-4-5-9-22(20)28-13-12-26-17-28/h1-13,15,17H,14,16H2,(H,27,31). The van der Waals surface area contributed by atoms with Crippen molar-refractivity contribution in [1.29, 1.82) is 0 Å². The van der Waals surface area contributed by atoms with Gasteiger partial charge in [0, 0.05) is 30.6 Å². The number of rotatable bonds is 8. The molecule has 1 aromatic heterocycles. The molecule has 1 N–H and O–H groups in total. The van der Waals surface area contributed by atoms with Gasteiger partial charge in [0.2, 0.25) is 5.78 Å². The number of para-hydroxylation sites is 1. The highest BCUT2D eigenvalue weighted by molar-refractivity contribution is 6.41. The maximum absolute atomic E-state index is 12.4. The number of carbonyl (C=O) groups excluding carboxylic acids is 2. The zero-order chi connectivity index (χ0) is 23.2. The predicted octanol–water partition coefficient (Wildman–Crippen LogP) is 4.12. The Balaban J connectivity index is 1.54. The molecule has 0 aliphatic carbocycles. The van der Waals surface area contributed by atoms with E-state index >= 15 is 0 Å². The van der Waals surface area contributed by atoms with Crippen LogP contribution in [-0.2, 0) is 22.4 Å². The van der Waals surface area contributed by atoms with Gasteiger partial charge in [-0.15, -0.1) is 0 Å². The fourth-order valence-corrected chi connectivity index (χ4v) is 3.53. The van der Waals surface area contributed by atoms with E-state index in [4.69, 9.17) is 0 Å². The smallest absolute Gasteiger partial charge is 0.293 e. The number of nitro groups is 1. The van der Waals surface area contributed by atoms with Crippen LogP contribution in [0.5, 0.6) is 0 Å². The number of nitrogens with zero attached hydrogens (tertiary/aromatic N) is 3. The van der Waals surface area contributed by atoms with Crippen molar-refractivity contribution in [2.24, 2.45) is 0 Å². The number of imidazole rings is 1. The number of Topliss-reactive ketones (excluding diaryl/α,β-unsaturated/α-hetero) is 1. The number of nitrogens with one attached hydrogen (secondary N) is 1. The van der Waals surface area contributed by atoms with Gasteiger partial charge in [0.15, 0.2) is 0 Å². The third-order valence-corrected chi connectivity index (χ3v) is 5.14. The molecular formula is C25H20N4O4. The quantitative estimate of drug-likeness (QED) is 0.252. The van der Waals surface area contributed by atoms with Gasteiger partial charge < -0.3 is 9.88 Å². The Morgan fingerprint density at radius 1 is 0.970 bits per heavy atom. The minimum Gasteiger partial charge on any atom is -0.314 e. The molecule has 8 nitrogen and oxygen atoms in total. The van der Waals surface area contributed by atoms with E-state index in [9.17, 15) is 19.7 Å². The Bertz CT molecular complexity index is 1300. The maximum Gasteiger partial charge on any atom is 0.293 e. The summed E-state index contributed by atoms with van der Waals surface area (Å²) in [6, 6.07) is 21.1. The van der Waals surface area contributed by atoms with Gasteiger partial charge in [-0.1, -0.05) is 54.6 Å². The first-order valence-electron chi connectivity index (χ1n) is 10.2. The lowest BCUT2D eigenvalue weighted by molar-refractivity contribution is -0.384. The third-order valence-electron chi connectivity index (χ3n) is 5.14. The van der Waals surface area contributed by atoms with Gasteiger partial charge in [0.1, 0.15) is 5.69 Å². The molecule has 4 aromatic rings. The molecule has 0 radical (unpaired) electrons. The van der Waals surface area contributed by atoms with E-state index in [1.54, 1.807) is 42.9 Å². The number of carbonyl (C=O) groups is 2. The van der Waals surface area contributed by atoms with E-state index in [2.05, 4.69) is 10.3 Å². The molecule has 0 fully saturated rings. The van der Waals surface area contributed by atoms with Gasteiger partial charge >= 0.3 is 0 Å². The number of aromatic nitrogens is 2. The van der Waals surface area contributed by atoms with Gasteiger partial charge in [-0.3, -0.25) is 19.7 Å². The van der Waals surface area contributed by atoms with Crippen LogP contribution in [0.25, 0.3) is 5.69 Å². The number of hydrogen-bond donors (Lipinski definition) is 1. The van der Waals surface area contributed by atoms with E-state index < -0.39 is 16.6 Å². The summed E-state index contributed by atoms with van der Waals surface area (Å²) in [6.07, 6.45) is 5.55. The normalized spacial score (nSPS) is 10.5. The predicted molar refractivity (Wildman–Crippen MR) is 123 cm³/mol. The van der Waals surface area contributed by atoms with Gasteiger partial charge in [0.05, 0.1) is 11.3 Å². The van der Waals surface area contributed by atoms with E-state index in [0.29, 0.717) is 17.5 Å². The average molecular weight is 440 g/mol. The van der Waals surface area contributed by atoms with E-state index in [0.717, 1.165) is 11.3 Å². The second-order valence-corrected chi connectivity index (χ2v) is 7.42. The minimum absolute atomic E-state index is 0.0157. The van der Waals surface area contributed by atoms with Crippen molar-refractivity contribution >= 4 is 23.1 Å². The first kappa shape index (κ1) is 21.6. The van der Waals surface area contributed by atoms with Crippen molar-refractivity contribution in [2.75, 3.05) is 5.32 Å². The van der Waals surface area contributed by atoms with Crippen molar-refractivity contribution < 1.29 is 14.5 Å². The van der Waals surface area contributed by atoms with Gasteiger partial charge in [-0.05, 0) is 35.2 Å². The van der Waals surface area contributed by atoms with Crippen molar-refractivity contribution in [2.45, 2.75) is 12.8 Å². The zero-order valence-corrected chi connectivity index (χ0v) is 17.5. The SMILES string of the molecule is O=C(Cc1ccccc1)C(=O)Nc1ccc(Cc2ccccc2-n2ccnc2)cc1[N+](=O)[O-]. The summed E-state index contributed by atoms with van der Waals surface area (Å²) in [5, 5.41) is 14.1. The van der Waals surface area contributed by atoms with E-state index in [1.165, 1.54) is 12.1 Å². The Kier molecular flexibility index (Phi) is 6.36. The largest absolute Gasteiger partial charge is 0.314 e. The van der Waals surface area contributed by atoms with Crippen LogP contribution >= 0.6 is 0 Å². The average Bonchev–Trinajstić information content (AvgIpc) is 3.35. The topological polar surface area (TPSA) is 107 Å². The summed E-state index contributed by atoms with van der Waals surface area (Å²) in [5.41, 5.74) is 2.98. The maximum atomic E-state index is 12.4. The number of nitro benzene ring substituents is 1. The molecule has 0 saturated heterocycles. The molecule has 4 rings (SSSR count). The summed E-state index contributed by atoms with van der Waals surface area (Å²) < 4.78 is 1.87. The Morgan fingerprint density at radius 3 is 2.45 bits per heavy atom. The fraction of sp³-hybridized carbons (Fsp3) is 0.0800. The number of anilines is 1. The highest BCUT2D eigenvalue weighted by Gasteiger charge is 2.21. The van der Waals surface area contributed by atoms with Crippen molar-refractivity contribution in [3.8, 4) is 5.69 Å². The van der Waals surface area contributed by atoms with Crippen LogP contribution in [0.2, 0.25) is 0 Å². The van der Waals surface area contributed by atoms with Gasteiger partial charge in [-0.25, -0.2) is 4.98 Å². The monoisotopic (exact) mass is 440 g/mol. The van der Waals surface area contributed by atoms with E-state index in [1.807, 2.05) is 41.1 Å². The molecule has 0 bridgehead atoms. The lowest BCUT2D eigenvalue weighted by Gasteiger charge is -2.11. The van der Waals surface area contributed by atoms with Crippen molar-refractivity contribution in [3.63, 3.8) is 0 Å². The van der Waals surface area contributed by atoms with Crippen LogP contribution < -0.4 is 5.32 Å². The van der Waals surface area contributed by atoms with Crippen molar-refractivity contribution in [1.82, 2.24) is 9.55 Å². The minimum atomic E-state index is -0.889. The number of amides is 1. The lowest BCUT2D eigenvalue weighted by atomic mass is 10.0. The molecule has 1 amide bonds. The molecule has 1 heterocycles. The lowest BCUT2D eigenvalue weighted by Crippen LogP contribution is -2.24. The highest BCUT2D eigenvalue weighted by Crippen LogP contribution is 2.28. The first-order chi connectivity index (χ1) is 16.0.